The van der Waals surface area contributed by atoms with Crippen LogP contribution in [0, 0.1) is 0 Å². The van der Waals surface area contributed by atoms with E-state index in [1.165, 1.54) is 50.6 Å². The van der Waals surface area contributed by atoms with Crippen LogP contribution in [0.15, 0.2) is 11.8 Å². The Balaban J connectivity index is 1.88. The minimum Gasteiger partial charge on any atom is -0.290 e. The molecule has 0 aromatic heterocycles. The molecular weight excluding hydrogens is 146 g/mol. The Morgan fingerprint density at radius 2 is 2.08 bits per heavy atom. The number of hydrogen-bond acceptors (Lipinski definition) is 0. The van der Waals surface area contributed by atoms with Crippen LogP contribution in [0.2, 0.25) is 0 Å². The molecule has 0 fully saturated rings. The summed E-state index contributed by atoms with van der Waals surface area (Å²) in [6.45, 7) is 3.30. The lowest BCUT2D eigenvalue weighted by Crippen LogP contribution is -1.97. The van der Waals surface area contributed by atoms with Crippen LogP contribution in [0.5, 0.6) is 0 Å². The second-order valence-electron chi connectivity index (χ2n) is 3.53. The van der Waals surface area contributed by atoms with E-state index in [0.717, 1.165) is 6.54 Å². The first-order valence-electron chi connectivity index (χ1n) is 5.30. The van der Waals surface area contributed by atoms with E-state index in [1.807, 2.05) is 0 Å². The average molecular weight is 166 g/mol. The lowest BCUT2D eigenvalue weighted by atomic mass is 10.1. The van der Waals surface area contributed by atoms with E-state index < -0.39 is 0 Å². The summed E-state index contributed by atoms with van der Waals surface area (Å²) in [6, 6.07) is 0. The van der Waals surface area contributed by atoms with E-state index in [1.54, 1.807) is 0 Å². The number of allylic oxidation sites excluding steroid dienone is 1. The van der Waals surface area contributed by atoms with Gasteiger partial charge in [0.15, 0.2) is 0 Å². The maximum absolute atomic E-state index is 4.41. The van der Waals surface area contributed by atoms with Crippen molar-refractivity contribution in [3.63, 3.8) is 0 Å². The van der Waals surface area contributed by atoms with E-state index in [9.17, 15) is 0 Å². The lowest BCUT2D eigenvalue weighted by molar-refractivity contribution is 0.620. The summed E-state index contributed by atoms with van der Waals surface area (Å²) in [5.74, 6) is 0. The van der Waals surface area contributed by atoms with Crippen molar-refractivity contribution in [2.75, 3.05) is 6.54 Å². The van der Waals surface area contributed by atoms with Crippen molar-refractivity contribution in [2.45, 2.75) is 51.9 Å². The van der Waals surface area contributed by atoms with Crippen LogP contribution in [0.4, 0.5) is 0 Å². The predicted octanol–water partition coefficient (Wildman–Crippen LogP) is 3.24. The van der Waals surface area contributed by atoms with Gasteiger partial charge in [0.2, 0.25) is 0 Å². The highest BCUT2D eigenvalue weighted by Crippen LogP contribution is 2.13. The fourth-order valence-electron chi connectivity index (χ4n) is 1.59. The summed E-state index contributed by atoms with van der Waals surface area (Å²) in [6.07, 6.45) is 11.6. The molecule has 0 aromatic carbocycles. The Morgan fingerprint density at radius 3 is 2.75 bits per heavy atom. The largest absolute Gasteiger partial charge is 0.290 e. The summed E-state index contributed by atoms with van der Waals surface area (Å²) in [5, 5.41) is 4.41. The van der Waals surface area contributed by atoms with Crippen LogP contribution in [0.1, 0.15) is 51.9 Å². The molecule has 0 N–H and O–H groups in total. The third-order valence-electron chi connectivity index (χ3n) is 2.36. The molecule has 1 nitrogen and oxygen atoms in total. The molecule has 1 aliphatic rings. The van der Waals surface area contributed by atoms with Gasteiger partial charge in [-0.05, 0) is 19.3 Å². The summed E-state index contributed by atoms with van der Waals surface area (Å²) in [7, 11) is 0. The van der Waals surface area contributed by atoms with Crippen molar-refractivity contribution < 1.29 is 0 Å². The number of hydrogen-bond donors (Lipinski definition) is 0. The van der Waals surface area contributed by atoms with Crippen molar-refractivity contribution in [3.05, 3.63) is 11.8 Å². The second-order valence-corrected chi connectivity index (χ2v) is 3.53. The third kappa shape index (κ3) is 3.80. The molecule has 0 bridgehead atoms. The first-order chi connectivity index (χ1) is 5.93. The Kier molecular flexibility index (Phi) is 4.89. The summed E-state index contributed by atoms with van der Waals surface area (Å²) in [5.41, 5.74) is 1.37. The molecule has 0 saturated heterocycles. The zero-order chi connectivity index (χ0) is 8.65. The lowest BCUT2D eigenvalue weighted by Gasteiger charge is -2.01. The van der Waals surface area contributed by atoms with Crippen LogP contribution in [0.25, 0.3) is 0 Å². The van der Waals surface area contributed by atoms with Gasteiger partial charge in [0.05, 0.1) is 0 Å². The fraction of sp³-hybridized carbons (Fsp3) is 0.818. The molecule has 1 aliphatic heterocycles. The van der Waals surface area contributed by atoms with E-state index >= 15 is 0 Å². The summed E-state index contributed by atoms with van der Waals surface area (Å²) in [4.78, 5) is 0. The average Bonchev–Trinajstić information content (AvgIpc) is 2.57. The maximum atomic E-state index is 4.41. The van der Waals surface area contributed by atoms with Crippen LogP contribution < -0.4 is 5.32 Å². The van der Waals surface area contributed by atoms with Gasteiger partial charge < -0.3 is 0 Å². The van der Waals surface area contributed by atoms with Gasteiger partial charge in [-0.15, -0.1) is 0 Å². The van der Waals surface area contributed by atoms with Crippen molar-refractivity contribution in [1.82, 2.24) is 5.32 Å². The van der Waals surface area contributed by atoms with Crippen LogP contribution >= 0.6 is 0 Å². The van der Waals surface area contributed by atoms with Gasteiger partial charge in [0.25, 0.3) is 0 Å². The molecular formula is C11H20N. The van der Waals surface area contributed by atoms with Gasteiger partial charge in [-0.2, -0.15) is 0 Å². The Labute approximate surface area is 76.2 Å². The second kappa shape index (κ2) is 6.10. The quantitative estimate of drug-likeness (QED) is 0.538. The standard InChI is InChI=1S/C11H20N/c1-2-3-4-5-6-8-11-9-7-10-12-11/h9H,2-8,10H2,1H3. The number of nitrogens with zero attached hydrogens (tertiary/aromatic N) is 1. The first kappa shape index (κ1) is 9.63. The molecule has 1 heterocycles. The topological polar surface area (TPSA) is 14.1 Å². The van der Waals surface area contributed by atoms with Gasteiger partial charge in [-0.25, -0.2) is 0 Å². The molecule has 1 radical (unpaired) electrons. The van der Waals surface area contributed by atoms with Gasteiger partial charge in [0, 0.05) is 12.2 Å². The molecule has 0 saturated carbocycles. The molecule has 1 heteroatoms. The van der Waals surface area contributed by atoms with Crippen LogP contribution in [-0.2, 0) is 0 Å². The van der Waals surface area contributed by atoms with Crippen molar-refractivity contribution in [1.29, 1.82) is 0 Å². The Bertz CT molecular complexity index is 138. The highest BCUT2D eigenvalue weighted by molar-refractivity contribution is 5.04. The summed E-state index contributed by atoms with van der Waals surface area (Å²) >= 11 is 0. The minimum absolute atomic E-state index is 1.05. The van der Waals surface area contributed by atoms with Crippen molar-refractivity contribution in [2.24, 2.45) is 0 Å². The maximum Gasteiger partial charge on any atom is 0.0427 e. The zero-order valence-corrected chi connectivity index (χ0v) is 8.18. The van der Waals surface area contributed by atoms with E-state index in [4.69, 9.17) is 0 Å². The van der Waals surface area contributed by atoms with E-state index in [-0.39, 0.29) is 0 Å². The van der Waals surface area contributed by atoms with Crippen LogP contribution in [-0.4, -0.2) is 6.54 Å². The Morgan fingerprint density at radius 1 is 1.25 bits per heavy atom. The van der Waals surface area contributed by atoms with Gasteiger partial charge >= 0.3 is 0 Å². The first-order valence-corrected chi connectivity index (χ1v) is 5.30. The molecule has 0 spiro atoms. The van der Waals surface area contributed by atoms with Crippen molar-refractivity contribution >= 4 is 0 Å². The normalized spacial score (nSPS) is 15.9. The molecule has 0 unspecified atom stereocenters. The highest BCUT2D eigenvalue weighted by atomic mass is 14.9. The third-order valence-corrected chi connectivity index (χ3v) is 2.36. The number of rotatable bonds is 6. The van der Waals surface area contributed by atoms with Crippen LogP contribution in [0.3, 0.4) is 0 Å². The number of unbranched alkanes of at least 4 members (excludes halogenated alkanes) is 4. The molecule has 0 aromatic rings. The smallest absolute Gasteiger partial charge is 0.0427 e. The molecule has 69 valence electrons. The summed E-state index contributed by atoms with van der Waals surface area (Å²) < 4.78 is 0. The highest BCUT2D eigenvalue weighted by Gasteiger charge is 2.03. The molecule has 0 atom stereocenters. The van der Waals surface area contributed by atoms with Gasteiger partial charge in [-0.3, -0.25) is 5.32 Å². The van der Waals surface area contributed by atoms with Gasteiger partial charge in [0.1, 0.15) is 0 Å². The SMILES string of the molecule is CCCCCCCC1=CCC[N]1. The minimum atomic E-state index is 1.05. The van der Waals surface area contributed by atoms with Crippen molar-refractivity contribution in [3.8, 4) is 0 Å². The molecule has 0 amide bonds. The van der Waals surface area contributed by atoms with E-state index in [0.29, 0.717) is 0 Å². The molecule has 1 rings (SSSR count). The molecule has 0 aliphatic carbocycles. The predicted molar refractivity (Wildman–Crippen MR) is 53.1 cm³/mol. The van der Waals surface area contributed by atoms with E-state index in [2.05, 4.69) is 18.3 Å². The fourth-order valence-corrected chi connectivity index (χ4v) is 1.59. The molecule has 12 heavy (non-hydrogen) atoms. The Hall–Kier alpha value is -0.460. The zero-order valence-electron chi connectivity index (χ0n) is 8.18. The van der Waals surface area contributed by atoms with Gasteiger partial charge in [-0.1, -0.05) is 38.7 Å². The monoisotopic (exact) mass is 166 g/mol.